The zero-order chi connectivity index (χ0) is 22.3. The summed E-state index contributed by atoms with van der Waals surface area (Å²) < 4.78 is 27.2. The van der Waals surface area contributed by atoms with Gasteiger partial charge in [0.15, 0.2) is 0 Å². The van der Waals surface area contributed by atoms with Crippen molar-refractivity contribution in [2.24, 2.45) is 0 Å². The highest BCUT2D eigenvalue weighted by Gasteiger charge is 2.17. The minimum atomic E-state index is -3.71. The highest BCUT2D eigenvalue weighted by molar-refractivity contribution is 7.89. The number of hydrogen-bond donors (Lipinski definition) is 4. The van der Waals surface area contributed by atoms with Crippen molar-refractivity contribution in [2.45, 2.75) is 39.0 Å². The van der Waals surface area contributed by atoms with Crippen LogP contribution in [0, 0.1) is 27.7 Å². The molecule has 2 aromatic carbocycles. The van der Waals surface area contributed by atoms with Crippen LogP contribution in [-0.4, -0.2) is 33.3 Å². The van der Waals surface area contributed by atoms with Crippen molar-refractivity contribution in [3.05, 3.63) is 58.7 Å². The number of anilines is 1. The van der Waals surface area contributed by atoms with Crippen LogP contribution in [0.15, 0.2) is 41.3 Å². The third-order valence-electron chi connectivity index (χ3n) is 4.44. The number of carbonyl (C=O) groups is 2. The van der Waals surface area contributed by atoms with Crippen molar-refractivity contribution in [1.82, 2.24) is 15.6 Å². The lowest BCUT2D eigenvalue weighted by Crippen LogP contribution is -2.45. The van der Waals surface area contributed by atoms with Crippen LogP contribution < -0.4 is 20.9 Å². The van der Waals surface area contributed by atoms with Crippen molar-refractivity contribution < 1.29 is 18.0 Å². The minimum absolute atomic E-state index is 0.0105. The largest absolute Gasteiger partial charge is 0.376 e. The normalized spacial score (nSPS) is 11.1. The number of sulfonamides is 1. The number of aryl methyl sites for hydroxylation is 4. The van der Waals surface area contributed by atoms with Crippen molar-refractivity contribution >= 4 is 27.5 Å². The summed E-state index contributed by atoms with van der Waals surface area (Å²) in [4.78, 5) is 24.0. The van der Waals surface area contributed by atoms with Crippen LogP contribution in [0.2, 0.25) is 0 Å². The summed E-state index contributed by atoms with van der Waals surface area (Å²) in [5.41, 5.74) is 9.01. The van der Waals surface area contributed by atoms with Crippen molar-refractivity contribution in [1.29, 1.82) is 0 Å². The van der Waals surface area contributed by atoms with Crippen LogP contribution in [0.4, 0.5) is 5.69 Å². The van der Waals surface area contributed by atoms with Crippen molar-refractivity contribution in [2.75, 3.05) is 18.4 Å². The Morgan fingerprint density at radius 3 is 2.17 bits per heavy atom. The summed E-state index contributed by atoms with van der Waals surface area (Å²) in [5.74, 6) is -0.919. The van der Waals surface area contributed by atoms with Crippen LogP contribution >= 0.6 is 0 Å². The lowest BCUT2D eigenvalue weighted by molar-refractivity contribution is -0.127. The SMILES string of the molecule is Cc1ccc(NCC(=O)NNC(=O)CCNS(=O)(=O)c2cc(C)ccc2C)c(C)c1. The van der Waals surface area contributed by atoms with E-state index in [1.54, 1.807) is 19.1 Å². The van der Waals surface area contributed by atoms with Gasteiger partial charge < -0.3 is 5.32 Å². The van der Waals surface area contributed by atoms with Gasteiger partial charge in [-0.2, -0.15) is 0 Å². The molecule has 8 nitrogen and oxygen atoms in total. The standard InChI is InChI=1S/C21H28N4O4S/c1-14-6-8-18(17(4)11-14)22-13-21(27)25-24-20(26)9-10-23-30(28,29)19-12-15(2)5-7-16(19)3/h5-8,11-12,22-23H,9-10,13H2,1-4H3,(H,24,26)(H,25,27). The molecule has 2 amide bonds. The zero-order valence-electron chi connectivity index (χ0n) is 17.6. The minimum Gasteiger partial charge on any atom is -0.376 e. The number of amides is 2. The molecule has 0 fully saturated rings. The first-order valence-corrected chi connectivity index (χ1v) is 11.0. The van der Waals surface area contributed by atoms with E-state index in [0.29, 0.717) is 5.56 Å². The molecule has 2 aromatic rings. The molecule has 0 atom stereocenters. The third-order valence-corrected chi connectivity index (χ3v) is 6.04. The number of hydrogen-bond acceptors (Lipinski definition) is 5. The molecule has 162 valence electrons. The van der Waals surface area contributed by atoms with Crippen LogP contribution in [0.25, 0.3) is 0 Å². The van der Waals surface area contributed by atoms with Crippen LogP contribution in [-0.2, 0) is 19.6 Å². The third kappa shape index (κ3) is 6.85. The Morgan fingerprint density at radius 1 is 0.833 bits per heavy atom. The van der Waals surface area contributed by atoms with Gasteiger partial charge >= 0.3 is 0 Å². The molecule has 0 aromatic heterocycles. The highest BCUT2D eigenvalue weighted by atomic mass is 32.2. The maximum absolute atomic E-state index is 12.4. The Bertz CT molecular complexity index is 1040. The molecule has 0 saturated heterocycles. The summed E-state index contributed by atoms with van der Waals surface area (Å²) in [6.45, 7) is 7.35. The maximum Gasteiger partial charge on any atom is 0.257 e. The zero-order valence-corrected chi connectivity index (χ0v) is 18.4. The molecule has 30 heavy (non-hydrogen) atoms. The number of nitrogens with one attached hydrogen (secondary N) is 4. The molecule has 0 unspecified atom stereocenters. The van der Waals surface area contributed by atoms with Gasteiger partial charge in [-0.1, -0.05) is 29.8 Å². The second-order valence-corrected chi connectivity index (χ2v) is 8.92. The molecule has 0 radical (unpaired) electrons. The molecule has 0 spiro atoms. The fourth-order valence-corrected chi connectivity index (χ4v) is 4.17. The second-order valence-electron chi connectivity index (χ2n) is 7.19. The average molecular weight is 433 g/mol. The van der Waals surface area contributed by atoms with E-state index in [4.69, 9.17) is 0 Å². The molecule has 0 saturated carbocycles. The topological polar surface area (TPSA) is 116 Å². The Morgan fingerprint density at radius 2 is 1.47 bits per heavy atom. The Balaban J connectivity index is 1.74. The van der Waals surface area contributed by atoms with E-state index in [1.165, 1.54) is 0 Å². The average Bonchev–Trinajstić information content (AvgIpc) is 2.67. The van der Waals surface area contributed by atoms with Crippen molar-refractivity contribution in [3.63, 3.8) is 0 Å². The summed E-state index contributed by atoms with van der Waals surface area (Å²) in [5, 5.41) is 3.00. The smallest absolute Gasteiger partial charge is 0.257 e. The lowest BCUT2D eigenvalue weighted by atomic mass is 10.1. The van der Waals surface area contributed by atoms with Crippen LogP contribution in [0.5, 0.6) is 0 Å². The summed E-state index contributed by atoms with van der Waals surface area (Å²) in [6.07, 6.45) is -0.116. The molecular formula is C21H28N4O4S. The Labute approximate surface area is 177 Å². The van der Waals surface area contributed by atoms with E-state index in [9.17, 15) is 18.0 Å². The maximum atomic E-state index is 12.4. The Kier molecular flexibility index (Phi) is 7.96. The van der Waals surface area contributed by atoms with Gasteiger partial charge in [-0.05, 0) is 56.5 Å². The fraction of sp³-hybridized carbons (Fsp3) is 0.333. The van der Waals surface area contributed by atoms with Gasteiger partial charge in [-0.15, -0.1) is 0 Å². The predicted molar refractivity (Wildman–Crippen MR) is 116 cm³/mol. The van der Waals surface area contributed by atoms with Gasteiger partial charge in [-0.25, -0.2) is 13.1 Å². The summed E-state index contributed by atoms with van der Waals surface area (Å²) in [7, 11) is -3.71. The van der Waals surface area contributed by atoms with Gasteiger partial charge in [0.25, 0.3) is 5.91 Å². The number of hydrazine groups is 1. The molecule has 0 aliphatic carbocycles. The molecule has 0 bridgehead atoms. The number of benzene rings is 2. The van der Waals surface area contributed by atoms with Gasteiger partial charge in [0.1, 0.15) is 0 Å². The fourth-order valence-electron chi connectivity index (χ4n) is 2.81. The second kappa shape index (κ2) is 10.2. The molecule has 0 aliphatic rings. The van der Waals surface area contributed by atoms with E-state index in [-0.39, 0.29) is 24.4 Å². The molecule has 0 heterocycles. The highest BCUT2D eigenvalue weighted by Crippen LogP contribution is 2.16. The van der Waals surface area contributed by atoms with E-state index in [0.717, 1.165) is 22.4 Å². The monoisotopic (exact) mass is 432 g/mol. The van der Waals surface area contributed by atoms with Crippen LogP contribution in [0.3, 0.4) is 0 Å². The Hall–Kier alpha value is -2.91. The van der Waals surface area contributed by atoms with Gasteiger partial charge in [-0.3, -0.25) is 20.4 Å². The number of carbonyl (C=O) groups excluding carboxylic acids is 2. The lowest BCUT2D eigenvalue weighted by Gasteiger charge is -2.12. The van der Waals surface area contributed by atoms with Gasteiger partial charge in [0.05, 0.1) is 11.4 Å². The molecule has 4 N–H and O–H groups in total. The predicted octanol–water partition coefficient (Wildman–Crippen LogP) is 1.85. The molecular weight excluding hydrogens is 404 g/mol. The molecule has 9 heteroatoms. The number of rotatable bonds is 8. The van der Waals surface area contributed by atoms with Gasteiger partial charge in [0, 0.05) is 18.7 Å². The molecule has 0 aliphatic heterocycles. The van der Waals surface area contributed by atoms with Crippen molar-refractivity contribution in [3.8, 4) is 0 Å². The van der Waals surface area contributed by atoms with E-state index in [1.807, 2.05) is 45.0 Å². The quantitative estimate of drug-likeness (QED) is 0.475. The first-order valence-electron chi connectivity index (χ1n) is 9.54. The summed E-state index contributed by atoms with van der Waals surface area (Å²) in [6, 6.07) is 11.0. The van der Waals surface area contributed by atoms with Gasteiger partial charge in [0.2, 0.25) is 15.9 Å². The first kappa shape index (κ1) is 23.4. The van der Waals surface area contributed by atoms with E-state index in [2.05, 4.69) is 20.9 Å². The molecule has 2 rings (SSSR count). The van der Waals surface area contributed by atoms with Crippen LogP contribution in [0.1, 0.15) is 28.7 Å². The first-order chi connectivity index (χ1) is 14.1. The summed E-state index contributed by atoms with van der Waals surface area (Å²) >= 11 is 0. The van der Waals surface area contributed by atoms with E-state index >= 15 is 0 Å². The van der Waals surface area contributed by atoms with E-state index < -0.39 is 21.8 Å².